The molecule has 2 heterocycles. The van der Waals surface area contributed by atoms with Crippen molar-refractivity contribution in [1.29, 1.82) is 0 Å². The minimum Gasteiger partial charge on any atom is -0.273 e. The van der Waals surface area contributed by atoms with Crippen LogP contribution in [0.5, 0.6) is 0 Å². The molecule has 5 rings (SSSR count). The third kappa shape index (κ3) is 2.92. The van der Waals surface area contributed by atoms with Crippen molar-refractivity contribution >= 4 is 5.71 Å². The smallest absolute Gasteiger partial charge is 0.0740 e. The molecule has 0 radical (unpaired) electrons. The molecule has 3 aromatic rings. The predicted octanol–water partition coefficient (Wildman–Crippen LogP) is 5.48. The number of hydrogen-bond donors (Lipinski definition) is 0. The molecule has 132 valence electrons. The highest BCUT2D eigenvalue weighted by molar-refractivity contribution is 6.07. The van der Waals surface area contributed by atoms with E-state index in [1.54, 1.807) is 0 Å². The van der Waals surface area contributed by atoms with Crippen molar-refractivity contribution in [2.75, 3.05) is 0 Å². The second-order valence-electron chi connectivity index (χ2n) is 7.32. The highest BCUT2D eigenvalue weighted by Crippen LogP contribution is 2.52. The molecule has 0 aromatic heterocycles. The molecule has 0 amide bonds. The Hall–Kier alpha value is -2.97. The van der Waals surface area contributed by atoms with Crippen LogP contribution in [-0.2, 0) is 0 Å². The number of nitrogens with zero attached hydrogens (tertiary/aromatic N) is 2. The first-order valence-electron chi connectivity index (χ1n) is 9.52. The van der Waals surface area contributed by atoms with Gasteiger partial charge in [0.05, 0.1) is 23.8 Å². The zero-order chi connectivity index (χ0) is 18.2. The summed E-state index contributed by atoms with van der Waals surface area (Å²) in [5.41, 5.74) is 6.35. The van der Waals surface area contributed by atoms with Gasteiger partial charge in [0, 0.05) is 6.20 Å². The first-order chi connectivity index (χ1) is 13.3. The molecule has 0 saturated carbocycles. The zero-order valence-electron chi connectivity index (χ0n) is 15.4. The standard InChI is InChI=1S/C25H22N2/c1-18-12-14-21(15-13-18)24-25-23(20-10-6-3-7-11-20)26-17-16-22(27(24)25)19-8-4-2-5-9-19/h2-17,22,24-25H,1H3/t22-,24+,25+,27?/m0/s1. The number of fused-ring (bicyclic) bond motifs is 1. The van der Waals surface area contributed by atoms with E-state index >= 15 is 0 Å². The molecule has 27 heavy (non-hydrogen) atoms. The van der Waals surface area contributed by atoms with E-state index in [0.717, 1.165) is 5.71 Å². The van der Waals surface area contributed by atoms with Gasteiger partial charge in [-0.15, -0.1) is 0 Å². The van der Waals surface area contributed by atoms with Crippen LogP contribution in [-0.4, -0.2) is 16.7 Å². The maximum atomic E-state index is 4.88. The van der Waals surface area contributed by atoms with Crippen molar-refractivity contribution in [1.82, 2.24) is 4.90 Å². The Kier molecular flexibility index (Phi) is 3.99. The van der Waals surface area contributed by atoms with Crippen LogP contribution in [0.15, 0.2) is 102 Å². The molecule has 0 spiro atoms. The van der Waals surface area contributed by atoms with Gasteiger partial charge in [-0.25, -0.2) is 0 Å². The van der Waals surface area contributed by atoms with E-state index in [9.17, 15) is 0 Å². The van der Waals surface area contributed by atoms with E-state index in [4.69, 9.17) is 4.99 Å². The van der Waals surface area contributed by atoms with Crippen molar-refractivity contribution in [2.24, 2.45) is 4.99 Å². The van der Waals surface area contributed by atoms with Crippen LogP contribution in [0.2, 0.25) is 0 Å². The summed E-state index contributed by atoms with van der Waals surface area (Å²) in [5, 5.41) is 0. The SMILES string of the molecule is Cc1ccc([C@@H]2[C@H]3C(c4ccccc4)=NC=C[C@@H](c4ccccc4)N32)cc1. The summed E-state index contributed by atoms with van der Waals surface area (Å²) < 4.78 is 0. The lowest BCUT2D eigenvalue weighted by Crippen LogP contribution is -2.15. The highest BCUT2D eigenvalue weighted by Gasteiger charge is 2.55. The second kappa shape index (κ2) is 6.64. The summed E-state index contributed by atoms with van der Waals surface area (Å²) in [5.74, 6) is 0. The normalized spacial score (nSPS) is 26.0. The number of aryl methyl sites for hydroxylation is 1. The molecule has 4 atom stereocenters. The first kappa shape index (κ1) is 16.2. The third-order valence-electron chi connectivity index (χ3n) is 5.56. The van der Waals surface area contributed by atoms with Gasteiger partial charge in [-0.3, -0.25) is 9.89 Å². The summed E-state index contributed by atoms with van der Waals surface area (Å²) in [6.07, 6.45) is 4.21. The average Bonchev–Trinajstić information content (AvgIpc) is 3.47. The lowest BCUT2D eigenvalue weighted by molar-refractivity contribution is 0.438. The van der Waals surface area contributed by atoms with E-state index in [2.05, 4.69) is 103 Å². The van der Waals surface area contributed by atoms with Crippen LogP contribution in [0, 0.1) is 6.92 Å². The van der Waals surface area contributed by atoms with Gasteiger partial charge in [0.1, 0.15) is 0 Å². The molecule has 1 unspecified atom stereocenters. The minimum atomic E-state index is 0.243. The van der Waals surface area contributed by atoms with Crippen molar-refractivity contribution in [3.8, 4) is 0 Å². The minimum absolute atomic E-state index is 0.243. The molecule has 0 aliphatic carbocycles. The number of rotatable bonds is 3. The van der Waals surface area contributed by atoms with Crippen molar-refractivity contribution < 1.29 is 0 Å². The molecular weight excluding hydrogens is 328 g/mol. The van der Waals surface area contributed by atoms with Crippen molar-refractivity contribution in [3.63, 3.8) is 0 Å². The van der Waals surface area contributed by atoms with E-state index in [1.165, 1.54) is 22.3 Å². The summed E-state index contributed by atoms with van der Waals surface area (Å²) in [4.78, 5) is 7.46. The molecule has 1 saturated heterocycles. The van der Waals surface area contributed by atoms with Crippen LogP contribution >= 0.6 is 0 Å². The first-order valence-corrected chi connectivity index (χ1v) is 9.52. The average molecular weight is 350 g/mol. The lowest BCUT2D eigenvalue weighted by Gasteiger charge is -2.16. The largest absolute Gasteiger partial charge is 0.273 e. The van der Waals surface area contributed by atoms with Gasteiger partial charge < -0.3 is 0 Å². The summed E-state index contributed by atoms with van der Waals surface area (Å²) in [6, 6.07) is 31.2. The Morgan fingerprint density at radius 2 is 1.37 bits per heavy atom. The Morgan fingerprint density at radius 3 is 2.07 bits per heavy atom. The fraction of sp³-hybridized carbons (Fsp3) is 0.160. The summed E-state index contributed by atoms with van der Waals surface area (Å²) >= 11 is 0. The van der Waals surface area contributed by atoms with Crippen LogP contribution in [0.1, 0.15) is 34.3 Å². The molecule has 0 bridgehead atoms. The third-order valence-corrected chi connectivity index (χ3v) is 5.56. The Balaban J connectivity index is 1.57. The quantitative estimate of drug-likeness (QED) is 0.571. The molecule has 0 N–H and O–H groups in total. The topological polar surface area (TPSA) is 15.4 Å². The van der Waals surface area contributed by atoms with Gasteiger partial charge in [-0.2, -0.15) is 0 Å². The molecule has 3 aromatic carbocycles. The fourth-order valence-corrected chi connectivity index (χ4v) is 4.17. The highest BCUT2D eigenvalue weighted by atomic mass is 15.4. The molecule has 2 heteroatoms. The lowest BCUT2D eigenvalue weighted by atomic mass is 10.0. The predicted molar refractivity (Wildman–Crippen MR) is 111 cm³/mol. The van der Waals surface area contributed by atoms with Gasteiger partial charge in [0.25, 0.3) is 0 Å². The maximum absolute atomic E-state index is 4.88. The van der Waals surface area contributed by atoms with Gasteiger partial charge in [0.2, 0.25) is 0 Å². The molecule has 2 nitrogen and oxygen atoms in total. The van der Waals surface area contributed by atoms with Gasteiger partial charge in [-0.1, -0.05) is 90.5 Å². The Morgan fingerprint density at radius 1 is 0.704 bits per heavy atom. The summed E-state index contributed by atoms with van der Waals surface area (Å²) in [7, 11) is 0. The van der Waals surface area contributed by atoms with Gasteiger partial charge in [-0.05, 0) is 29.7 Å². The molecule has 2 aliphatic heterocycles. The monoisotopic (exact) mass is 350 g/mol. The van der Waals surface area contributed by atoms with Crippen molar-refractivity contribution in [3.05, 3.63) is 119 Å². The second-order valence-corrected chi connectivity index (χ2v) is 7.32. The van der Waals surface area contributed by atoms with E-state index in [0.29, 0.717) is 12.1 Å². The van der Waals surface area contributed by atoms with Crippen LogP contribution in [0.4, 0.5) is 0 Å². The van der Waals surface area contributed by atoms with Crippen LogP contribution < -0.4 is 0 Å². The Labute approximate surface area is 160 Å². The number of benzene rings is 3. The fourth-order valence-electron chi connectivity index (χ4n) is 4.17. The van der Waals surface area contributed by atoms with E-state index in [1.807, 2.05) is 6.20 Å². The molecular formula is C25H22N2. The number of hydrogen-bond acceptors (Lipinski definition) is 2. The van der Waals surface area contributed by atoms with Crippen LogP contribution in [0.3, 0.4) is 0 Å². The van der Waals surface area contributed by atoms with Gasteiger partial charge >= 0.3 is 0 Å². The molecule has 1 fully saturated rings. The molecule has 2 aliphatic rings. The zero-order valence-corrected chi connectivity index (χ0v) is 15.4. The Bertz CT molecular complexity index is 988. The van der Waals surface area contributed by atoms with Crippen LogP contribution in [0.25, 0.3) is 0 Å². The van der Waals surface area contributed by atoms with Crippen molar-refractivity contribution in [2.45, 2.75) is 25.0 Å². The number of aliphatic imine (C=N–C) groups is 1. The van der Waals surface area contributed by atoms with E-state index in [-0.39, 0.29) is 6.04 Å². The summed E-state index contributed by atoms with van der Waals surface area (Å²) in [6.45, 7) is 2.14. The van der Waals surface area contributed by atoms with E-state index < -0.39 is 0 Å². The van der Waals surface area contributed by atoms with Gasteiger partial charge in [0.15, 0.2) is 0 Å². The maximum Gasteiger partial charge on any atom is 0.0740 e.